The normalized spacial score (nSPS) is 9.40. The van der Waals surface area contributed by atoms with Gasteiger partial charge in [0, 0.05) is 0 Å². The molecule has 1 aromatic rings. The Labute approximate surface area is 88.2 Å². The summed E-state index contributed by atoms with van der Waals surface area (Å²) in [7, 11) is 0. The van der Waals surface area contributed by atoms with Gasteiger partial charge in [-0.2, -0.15) is 0 Å². The van der Waals surface area contributed by atoms with Crippen molar-refractivity contribution < 1.29 is 14.3 Å². The molecule has 1 N–H and O–H groups in total. The van der Waals surface area contributed by atoms with Crippen molar-refractivity contribution in [1.82, 2.24) is 5.32 Å². The fraction of sp³-hybridized carbons (Fsp3) is 0.273. The highest BCUT2D eigenvalue weighted by molar-refractivity contribution is 5.87. The lowest BCUT2D eigenvalue weighted by Gasteiger charge is -2.04. The molecule has 0 radical (unpaired) electrons. The third-order valence-corrected chi connectivity index (χ3v) is 1.82. The fourth-order valence-electron chi connectivity index (χ4n) is 1.17. The van der Waals surface area contributed by atoms with Gasteiger partial charge in [0.2, 0.25) is 12.3 Å². The number of imide groups is 1. The van der Waals surface area contributed by atoms with Gasteiger partial charge in [0.15, 0.2) is 0 Å². The van der Waals surface area contributed by atoms with Crippen LogP contribution in [0.3, 0.4) is 0 Å². The standard InChI is InChI=1S/C11H13NO3/c1-2-15-10-5-3-9(4-6-10)7-11(14)12-8-13/h3-6,8H,2,7H2,1H3,(H,12,13,14). The summed E-state index contributed by atoms with van der Waals surface area (Å²) in [6, 6.07) is 7.20. The van der Waals surface area contributed by atoms with Crippen molar-refractivity contribution in [2.24, 2.45) is 0 Å². The number of nitrogens with one attached hydrogen (secondary N) is 1. The predicted octanol–water partition coefficient (Wildman–Crippen LogP) is 0.900. The van der Waals surface area contributed by atoms with Crippen LogP contribution in [0, 0.1) is 0 Å². The van der Waals surface area contributed by atoms with Crippen LogP contribution in [0.1, 0.15) is 12.5 Å². The van der Waals surface area contributed by atoms with Crippen molar-refractivity contribution in [1.29, 1.82) is 0 Å². The number of amides is 2. The highest BCUT2D eigenvalue weighted by Gasteiger charge is 2.01. The molecule has 0 aliphatic rings. The second-order valence-corrected chi connectivity index (χ2v) is 2.94. The maximum Gasteiger partial charge on any atom is 0.230 e. The summed E-state index contributed by atoms with van der Waals surface area (Å²) in [5.41, 5.74) is 0.845. The van der Waals surface area contributed by atoms with Crippen molar-refractivity contribution in [3.05, 3.63) is 29.8 Å². The zero-order chi connectivity index (χ0) is 11.1. The predicted molar refractivity (Wildman–Crippen MR) is 55.5 cm³/mol. The second-order valence-electron chi connectivity index (χ2n) is 2.94. The van der Waals surface area contributed by atoms with Crippen LogP contribution in [-0.4, -0.2) is 18.9 Å². The van der Waals surface area contributed by atoms with Crippen LogP contribution in [0.4, 0.5) is 0 Å². The Hall–Kier alpha value is -1.84. The Bertz CT molecular complexity index is 332. The molecule has 4 nitrogen and oxygen atoms in total. The highest BCUT2D eigenvalue weighted by atomic mass is 16.5. The SMILES string of the molecule is CCOc1ccc(CC(=O)NC=O)cc1. The van der Waals surface area contributed by atoms with Gasteiger partial charge in [-0.05, 0) is 24.6 Å². The molecule has 0 fully saturated rings. The molecule has 0 heterocycles. The molecule has 0 saturated heterocycles. The molecule has 4 heteroatoms. The lowest BCUT2D eigenvalue weighted by molar-refractivity contribution is -0.124. The van der Waals surface area contributed by atoms with E-state index in [0.717, 1.165) is 11.3 Å². The Morgan fingerprint density at radius 3 is 2.60 bits per heavy atom. The molecule has 15 heavy (non-hydrogen) atoms. The monoisotopic (exact) mass is 207 g/mol. The molecule has 80 valence electrons. The molecule has 0 unspecified atom stereocenters. The van der Waals surface area contributed by atoms with Crippen molar-refractivity contribution >= 4 is 12.3 Å². The van der Waals surface area contributed by atoms with Gasteiger partial charge < -0.3 is 4.74 Å². The molecule has 1 aromatic carbocycles. The zero-order valence-electron chi connectivity index (χ0n) is 8.53. The van der Waals surface area contributed by atoms with E-state index in [1.165, 1.54) is 0 Å². The van der Waals surface area contributed by atoms with E-state index in [2.05, 4.69) is 5.32 Å². The molecule has 0 spiro atoms. The van der Waals surface area contributed by atoms with Crippen LogP contribution in [0.25, 0.3) is 0 Å². The summed E-state index contributed by atoms with van der Waals surface area (Å²) >= 11 is 0. The van der Waals surface area contributed by atoms with E-state index in [0.29, 0.717) is 13.0 Å². The average Bonchev–Trinajstić information content (AvgIpc) is 2.22. The number of hydrogen-bond donors (Lipinski definition) is 1. The van der Waals surface area contributed by atoms with Gasteiger partial charge in [-0.1, -0.05) is 12.1 Å². The molecular formula is C11H13NO3. The van der Waals surface area contributed by atoms with Gasteiger partial charge in [-0.3, -0.25) is 14.9 Å². The van der Waals surface area contributed by atoms with Crippen LogP contribution in [0.2, 0.25) is 0 Å². The number of benzene rings is 1. The smallest absolute Gasteiger partial charge is 0.230 e. The Balaban J connectivity index is 2.56. The number of hydrogen-bond acceptors (Lipinski definition) is 3. The average molecular weight is 207 g/mol. The van der Waals surface area contributed by atoms with Gasteiger partial charge in [0.25, 0.3) is 0 Å². The topological polar surface area (TPSA) is 55.4 Å². The number of ether oxygens (including phenoxy) is 1. The number of rotatable bonds is 5. The Kier molecular flexibility index (Phi) is 4.34. The molecular weight excluding hydrogens is 194 g/mol. The molecule has 2 amide bonds. The van der Waals surface area contributed by atoms with E-state index in [9.17, 15) is 9.59 Å². The Morgan fingerprint density at radius 1 is 1.40 bits per heavy atom. The molecule has 0 aliphatic carbocycles. The molecule has 1 rings (SSSR count). The van der Waals surface area contributed by atoms with Crippen LogP contribution < -0.4 is 10.1 Å². The van der Waals surface area contributed by atoms with Crippen LogP contribution in [0.15, 0.2) is 24.3 Å². The van der Waals surface area contributed by atoms with E-state index in [1.54, 1.807) is 24.3 Å². The molecule has 0 bridgehead atoms. The van der Waals surface area contributed by atoms with E-state index in [-0.39, 0.29) is 12.3 Å². The van der Waals surface area contributed by atoms with Crippen molar-refractivity contribution in [3.63, 3.8) is 0 Å². The number of carbonyl (C=O) groups is 2. The first-order valence-corrected chi connectivity index (χ1v) is 4.71. The van der Waals surface area contributed by atoms with Gasteiger partial charge in [-0.25, -0.2) is 0 Å². The summed E-state index contributed by atoms with van der Waals surface area (Å²) in [5, 5.41) is 2.08. The minimum absolute atomic E-state index is 0.200. The Morgan fingerprint density at radius 2 is 2.07 bits per heavy atom. The molecule has 0 atom stereocenters. The van der Waals surface area contributed by atoms with Crippen LogP contribution >= 0.6 is 0 Å². The maximum absolute atomic E-state index is 11.0. The largest absolute Gasteiger partial charge is 0.494 e. The summed E-state index contributed by atoms with van der Waals surface area (Å²) in [5.74, 6) is 0.464. The van der Waals surface area contributed by atoms with Crippen LogP contribution in [-0.2, 0) is 16.0 Å². The summed E-state index contributed by atoms with van der Waals surface area (Å²) in [4.78, 5) is 21.0. The van der Waals surface area contributed by atoms with Crippen molar-refractivity contribution in [3.8, 4) is 5.75 Å². The lowest BCUT2D eigenvalue weighted by atomic mass is 10.1. The van der Waals surface area contributed by atoms with E-state index in [1.807, 2.05) is 6.92 Å². The first-order chi connectivity index (χ1) is 7.26. The summed E-state index contributed by atoms with van der Waals surface area (Å²) < 4.78 is 5.26. The molecule has 0 aliphatic heterocycles. The van der Waals surface area contributed by atoms with Gasteiger partial charge >= 0.3 is 0 Å². The van der Waals surface area contributed by atoms with Gasteiger partial charge in [0.05, 0.1) is 13.0 Å². The minimum Gasteiger partial charge on any atom is -0.494 e. The number of carbonyl (C=O) groups excluding carboxylic acids is 2. The first kappa shape index (κ1) is 11.2. The molecule has 0 aromatic heterocycles. The lowest BCUT2D eigenvalue weighted by Crippen LogP contribution is -2.22. The highest BCUT2D eigenvalue weighted by Crippen LogP contribution is 2.12. The maximum atomic E-state index is 11.0. The van der Waals surface area contributed by atoms with E-state index < -0.39 is 0 Å². The van der Waals surface area contributed by atoms with E-state index in [4.69, 9.17) is 4.74 Å². The summed E-state index contributed by atoms with van der Waals surface area (Å²) in [6.45, 7) is 2.52. The quantitative estimate of drug-likeness (QED) is 0.730. The first-order valence-electron chi connectivity index (χ1n) is 4.71. The zero-order valence-corrected chi connectivity index (χ0v) is 8.53. The van der Waals surface area contributed by atoms with Crippen LogP contribution in [0.5, 0.6) is 5.75 Å². The minimum atomic E-state index is -0.311. The third-order valence-electron chi connectivity index (χ3n) is 1.82. The van der Waals surface area contributed by atoms with Crippen molar-refractivity contribution in [2.75, 3.05) is 6.61 Å². The summed E-state index contributed by atoms with van der Waals surface area (Å²) in [6.07, 6.45) is 0.585. The van der Waals surface area contributed by atoms with Gasteiger partial charge in [-0.15, -0.1) is 0 Å². The second kappa shape index (κ2) is 5.80. The van der Waals surface area contributed by atoms with E-state index >= 15 is 0 Å². The van der Waals surface area contributed by atoms with Crippen molar-refractivity contribution in [2.45, 2.75) is 13.3 Å². The van der Waals surface area contributed by atoms with Gasteiger partial charge in [0.1, 0.15) is 5.75 Å². The molecule has 0 saturated carbocycles. The third kappa shape index (κ3) is 3.81. The fourth-order valence-corrected chi connectivity index (χ4v) is 1.17.